The number of aromatic hydroxyl groups is 1. The van der Waals surface area contributed by atoms with Gasteiger partial charge in [0.25, 0.3) is 0 Å². The van der Waals surface area contributed by atoms with Crippen LogP contribution in [0.15, 0.2) is 86.8 Å². The van der Waals surface area contributed by atoms with Crippen LogP contribution in [0, 0.1) is 6.92 Å². The van der Waals surface area contributed by atoms with Crippen molar-refractivity contribution < 1.29 is 9.84 Å². The summed E-state index contributed by atoms with van der Waals surface area (Å²) in [5.74, 6) is 0.530. The molecule has 0 atom stereocenters. The van der Waals surface area contributed by atoms with Gasteiger partial charge in [-0.15, -0.1) is 22.9 Å². The van der Waals surface area contributed by atoms with Crippen LogP contribution in [0.1, 0.15) is 5.56 Å². The highest BCUT2D eigenvalue weighted by Gasteiger charge is 2.13. The van der Waals surface area contributed by atoms with E-state index in [0.29, 0.717) is 27.4 Å². The Morgan fingerprint density at radius 3 is 2.44 bits per heavy atom. The average Bonchev–Trinajstić information content (AvgIpc) is 2.79. The normalized spacial score (nSPS) is 11.1. The van der Waals surface area contributed by atoms with Crippen molar-refractivity contribution in [3.8, 4) is 11.5 Å². The number of nitrogens with zero attached hydrogens (tertiary/aromatic N) is 3. The van der Waals surface area contributed by atoms with Gasteiger partial charge in [-0.05, 0) is 67.1 Å². The average molecular weight is 443 g/mol. The van der Waals surface area contributed by atoms with Crippen molar-refractivity contribution in [3.05, 3.63) is 72.3 Å². The fourth-order valence-corrected chi connectivity index (χ4v) is 3.69. The number of hydrogen-bond acceptors (Lipinski definition) is 7. The Kier molecular flexibility index (Phi) is 6.09. The molecule has 0 bridgehead atoms. The lowest BCUT2D eigenvalue weighted by Gasteiger charge is -2.11. The summed E-state index contributed by atoms with van der Waals surface area (Å²) < 4.78 is 5.39. The number of anilines is 2. The van der Waals surface area contributed by atoms with E-state index in [0.717, 1.165) is 22.3 Å². The zero-order valence-corrected chi connectivity index (χ0v) is 18.6. The summed E-state index contributed by atoms with van der Waals surface area (Å²) in [6.45, 7) is 5.47. The topological polar surface area (TPSA) is 78.6 Å². The van der Waals surface area contributed by atoms with E-state index in [2.05, 4.69) is 39.9 Å². The van der Waals surface area contributed by atoms with Crippen molar-refractivity contribution in [2.75, 3.05) is 12.4 Å². The number of hydrogen-bond donors (Lipinski definition) is 3. The van der Waals surface area contributed by atoms with Gasteiger partial charge in [0.15, 0.2) is 5.75 Å². The molecule has 0 aromatic heterocycles. The molecule has 0 radical (unpaired) electrons. The molecule has 2 N–H and O–H groups in total. The molecular formula is C25H22N4O2S. The van der Waals surface area contributed by atoms with Crippen LogP contribution in [0.4, 0.5) is 28.4 Å². The smallest absolute Gasteiger partial charge is 0.152 e. The second-order valence-electron chi connectivity index (χ2n) is 7.19. The number of aliphatic imine (C=N–C) groups is 1. The number of azo groups is 1. The number of para-hydroxylation sites is 1. The lowest BCUT2D eigenvalue weighted by atomic mass is 10.1. The SMILES string of the molecule is C=Nc1cc(OC)c(/N=N/c2c(S)cc3cc(Nc4ccccc4)ccc3c2O)cc1C. The number of phenols is 1. The van der Waals surface area contributed by atoms with Crippen molar-refractivity contribution in [2.45, 2.75) is 11.8 Å². The molecule has 4 aromatic carbocycles. The molecule has 160 valence electrons. The van der Waals surface area contributed by atoms with E-state index in [4.69, 9.17) is 4.74 Å². The second kappa shape index (κ2) is 9.11. The molecule has 7 heteroatoms. The zero-order valence-electron chi connectivity index (χ0n) is 17.7. The van der Waals surface area contributed by atoms with Crippen LogP contribution < -0.4 is 10.1 Å². The number of methoxy groups -OCH3 is 1. The lowest BCUT2D eigenvalue weighted by Crippen LogP contribution is -1.89. The summed E-state index contributed by atoms with van der Waals surface area (Å²) in [5, 5.41) is 24.3. The molecule has 0 fully saturated rings. The third-order valence-corrected chi connectivity index (χ3v) is 5.39. The molecule has 6 nitrogen and oxygen atoms in total. The zero-order chi connectivity index (χ0) is 22.7. The van der Waals surface area contributed by atoms with Gasteiger partial charge in [0.1, 0.15) is 17.1 Å². The van der Waals surface area contributed by atoms with Gasteiger partial charge in [0, 0.05) is 27.7 Å². The van der Waals surface area contributed by atoms with Gasteiger partial charge in [0.2, 0.25) is 0 Å². The first kappa shape index (κ1) is 21.4. The molecule has 0 heterocycles. The van der Waals surface area contributed by atoms with Gasteiger partial charge in [-0.25, -0.2) is 0 Å². The summed E-state index contributed by atoms with van der Waals surface area (Å²) in [6.07, 6.45) is 0. The number of benzene rings is 4. The number of phenolic OH excluding ortho intramolecular Hbond substituents is 1. The Bertz CT molecular complexity index is 1340. The van der Waals surface area contributed by atoms with E-state index < -0.39 is 0 Å². The molecule has 0 unspecified atom stereocenters. The van der Waals surface area contributed by atoms with Crippen LogP contribution in [0.25, 0.3) is 10.8 Å². The Balaban J connectivity index is 1.70. The fourth-order valence-electron chi connectivity index (χ4n) is 3.40. The van der Waals surface area contributed by atoms with E-state index in [1.54, 1.807) is 13.2 Å². The molecule has 4 aromatic rings. The van der Waals surface area contributed by atoms with Crippen molar-refractivity contribution >= 4 is 58.6 Å². The van der Waals surface area contributed by atoms with Crippen LogP contribution in [-0.4, -0.2) is 18.9 Å². The highest BCUT2D eigenvalue weighted by Crippen LogP contribution is 2.43. The summed E-state index contributed by atoms with van der Waals surface area (Å²) in [5.41, 5.74) is 4.30. The highest BCUT2D eigenvalue weighted by atomic mass is 32.1. The minimum absolute atomic E-state index is 0.0163. The second-order valence-corrected chi connectivity index (χ2v) is 7.67. The van der Waals surface area contributed by atoms with Gasteiger partial charge in [0.05, 0.1) is 12.8 Å². The molecule has 0 saturated carbocycles. The predicted octanol–water partition coefficient (Wildman–Crippen LogP) is 7.64. The van der Waals surface area contributed by atoms with Crippen LogP contribution in [0.2, 0.25) is 0 Å². The maximum atomic E-state index is 10.9. The highest BCUT2D eigenvalue weighted by molar-refractivity contribution is 7.80. The lowest BCUT2D eigenvalue weighted by molar-refractivity contribution is 0.416. The summed E-state index contributed by atoms with van der Waals surface area (Å²) in [6, 6.07) is 21.0. The Labute approximate surface area is 191 Å². The number of ether oxygens (including phenoxy) is 1. The molecule has 0 spiro atoms. The summed E-state index contributed by atoms with van der Waals surface area (Å²) >= 11 is 4.54. The van der Waals surface area contributed by atoms with Gasteiger partial charge < -0.3 is 15.2 Å². The summed E-state index contributed by atoms with van der Waals surface area (Å²) in [4.78, 5) is 4.48. The quantitative estimate of drug-likeness (QED) is 0.163. The number of aryl methyl sites for hydroxylation is 1. The third-order valence-electron chi connectivity index (χ3n) is 5.05. The largest absolute Gasteiger partial charge is 0.505 e. The minimum Gasteiger partial charge on any atom is -0.505 e. The first-order valence-corrected chi connectivity index (χ1v) is 10.3. The van der Waals surface area contributed by atoms with Gasteiger partial charge >= 0.3 is 0 Å². The van der Waals surface area contributed by atoms with Gasteiger partial charge in [-0.1, -0.05) is 18.2 Å². The maximum absolute atomic E-state index is 10.9. The number of nitrogens with one attached hydrogen (secondary N) is 1. The molecule has 0 aliphatic heterocycles. The van der Waals surface area contributed by atoms with E-state index in [1.165, 1.54) is 0 Å². The van der Waals surface area contributed by atoms with Gasteiger partial charge in [-0.2, -0.15) is 0 Å². The Morgan fingerprint density at radius 1 is 0.938 bits per heavy atom. The van der Waals surface area contributed by atoms with Crippen molar-refractivity contribution in [2.24, 2.45) is 15.2 Å². The molecular weight excluding hydrogens is 420 g/mol. The van der Waals surface area contributed by atoms with E-state index in [-0.39, 0.29) is 11.4 Å². The van der Waals surface area contributed by atoms with Crippen molar-refractivity contribution in [1.82, 2.24) is 0 Å². The van der Waals surface area contributed by atoms with Crippen LogP contribution in [-0.2, 0) is 0 Å². The van der Waals surface area contributed by atoms with E-state index in [1.807, 2.05) is 67.6 Å². The maximum Gasteiger partial charge on any atom is 0.152 e. The standard InChI is InChI=1S/C25H22N4O2S/c1-15-11-21(22(31-3)14-20(15)26-2)28-29-24-23(32)13-16-12-18(9-10-19(16)25(24)30)27-17-7-5-4-6-8-17/h4-14,27,30,32H,2H2,1,3H3/b29-28+. The predicted molar refractivity (Wildman–Crippen MR) is 134 cm³/mol. The van der Waals surface area contributed by atoms with Crippen molar-refractivity contribution in [1.29, 1.82) is 0 Å². The summed E-state index contributed by atoms with van der Waals surface area (Å²) in [7, 11) is 1.55. The van der Waals surface area contributed by atoms with Crippen LogP contribution >= 0.6 is 12.6 Å². The molecule has 0 aliphatic rings. The number of rotatable bonds is 6. The number of thiol groups is 1. The van der Waals surface area contributed by atoms with Gasteiger partial charge in [-0.3, -0.25) is 4.99 Å². The Hall–Kier alpha value is -3.84. The molecule has 32 heavy (non-hydrogen) atoms. The fraction of sp³-hybridized carbons (Fsp3) is 0.0800. The van der Waals surface area contributed by atoms with Crippen molar-refractivity contribution in [3.63, 3.8) is 0 Å². The third kappa shape index (κ3) is 4.29. The molecule has 0 amide bonds. The molecule has 0 aliphatic carbocycles. The molecule has 0 saturated heterocycles. The number of fused-ring (bicyclic) bond motifs is 1. The van der Waals surface area contributed by atoms with Crippen LogP contribution in [0.5, 0.6) is 11.5 Å². The van der Waals surface area contributed by atoms with E-state index >= 15 is 0 Å². The Morgan fingerprint density at radius 2 is 1.72 bits per heavy atom. The first-order chi connectivity index (χ1) is 15.5. The van der Waals surface area contributed by atoms with E-state index in [9.17, 15) is 5.11 Å². The minimum atomic E-state index is 0.0163. The first-order valence-electron chi connectivity index (χ1n) is 9.88. The molecule has 4 rings (SSSR count). The monoisotopic (exact) mass is 442 g/mol. The van der Waals surface area contributed by atoms with Crippen LogP contribution in [0.3, 0.4) is 0 Å².